The zero-order valence-corrected chi connectivity index (χ0v) is 25.9. The number of carbonyl (C=O) groups excluding carboxylic acids is 4. The zero-order chi connectivity index (χ0) is 31.1. The molecule has 1 atom stereocenters. The number of benzene rings is 2. The van der Waals surface area contributed by atoms with Gasteiger partial charge < -0.3 is 25.0 Å². The smallest absolute Gasteiger partial charge is 0.250 e. The lowest BCUT2D eigenvalue weighted by Gasteiger charge is -2.39. The number of hydrogen-bond donors (Lipinski definition) is 2. The number of fused-ring (bicyclic) bond motifs is 3. The molecule has 10 nitrogen and oxygen atoms in total. The fourth-order valence-electron chi connectivity index (χ4n) is 6.37. The molecule has 2 aliphatic rings. The van der Waals surface area contributed by atoms with Crippen LogP contribution in [0.5, 0.6) is 0 Å². The minimum Gasteiger partial charge on any atom is -0.352 e. The van der Waals surface area contributed by atoms with Gasteiger partial charge in [-0.2, -0.15) is 0 Å². The van der Waals surface area contributed by atoms with Gasteiger partial charge in [-0.25, -0.2) is 4.98 Å². The number of para-hydroxylation sites is 2. The van der Waals surface area contributed by atoms with Crippen molar-refractivity contribution in [2.75, 3.05) is 32.7 Å². The largest absolute Gasteiger partial charge is 0.352 e. The van der Waals surface area contributed by atoms with Crippen LogP contribution < -0.4 is 10.6 Å². The highest BCUT2D eigenvalue weighted by atomic mass is 16.2. The lowest BCUT2D eigenvalue weighted by atomic mass is 9.75. The molecule has 0 bridgehead atoms. The van der Waals surface area contributed by atoms with Gasteiger partial charge in [0.25, 0.3) is 5.91 Å². The number of hydrogen-bond acceptors (Lipinski definition) is 5. The maximum Gasteiger partial charge on any atom is 0.250 e. The van der Waals surface area contributed by atoms with Crippen molar-refractivity contribution in [1.82, 2.24) is 30.0 Å². The molecule has 1 aliphatic carbocycles. The Balaban J connectivity index is 1.37. The predicted octanol–water partition coefficient (Wildman–Crippen LogP) is 3.39. The molecule has 5 rings (SSSR count). The fourth-order valence-corrected chi connectivity index (χ4v) is 6.37. The molecule has 10 heteroatoms. The van der Waals surface area contributed by atoms with Gasteiger partial charge in [0.1, 0.15) is 5.54 Å². The molecule has 2 aromatic carbocycles. The molecule has 1 fully saturated rings. The summed E-state index contributed by atoms with van der Waals surface area (Å²) in [6.45, 7) is 5.95. The van der Waals surface area contributed by atoms with E-state index in [1.807, 2.05) is 53.1 Å². The van der Waals surface area contributed by atoms with Crippen molar-refractivity contribution in [1.29, 1.82) is 0 Å². The monoisotopic (exact) mass is 600 g/mol. The van der Waals surface area contributed by atoms with E-state index in [2.05, 4.69) is 29.5 Å². The van der Waals surface area contributed by atoms with E-state index in [-0.39, 0.29) is 49.6 Å². The molecule has 0 radical (unpaired) electrons. The quantitative estimate of drug-likeness (QED) is 0.450. The summed E-state index contributed by atoms with van der Waals surface area (Å²) in [4.78, 5) is 62.2. The van der Waals surface area contributed by atoms with Crippen LogP contribution in [0, 0.1) is 5.92 Å². The van der Waals surface area contributed by atoms with Crippen molar-refractivity contribution in [3.8, 4) is 0 Å². The number of imidazole rings is 1. The first-order chi connectivity index (χ1) is 21.3. The van der Waals surface area contributed by atoms with E-state index < -0.39 is 5.54 Å². The Morgan fingerprint density at radius 3 is 2.61 bits per heavy atom. The average Bonchev–Trinajstić information content (AvgIpc) is 3.43. The van der Waals surface area contributed by atoms with E-state index in [9.17, 15) is 19.2 Å². The molecule has 0 saturated carbocycles. The Kier molecular flexibility index (Phi) is 9.97. The summed E-state index contributed by atoms with van der Waals surface area (Å²) < 4.78 is 1.97. The number of carbonyl (C=O) groups is 4. The van der Waals surface area contributed by atoms with Crippen LogP contribution in [0.3, 0.4) is 0 Å². The first-order valence-corrected chi connectivity index (χ1v) is 15.9. The summed E-state index contributed by atoms with van der Waals surface area (Å²) in [5, 5.41) is 6.13. The van der Waals surface area contributed by atoms with Crippen LogP contribution in [0.2, 0.25) is 0 Å². The van der Waals surface area contributed by atoms with Crippen molar-refractivity contribution in [3.05, 3.63) is 66.0 Å². The minimum atomic E-state index is -1.24. The average molecular weight is 601 g/mol. The summed E-state index contributed by atoms with van der Waals surface area (Å²) in [6.07, 6.45) is 5.54. The number of aryl methyl sites for hydroxylation is 2. The Labute approximate surface area is 259 Å². The van der Waals surface area contributed by atoms with Crippen molar-refractivity contribution in [2.45, 2.75) is 70.9 Å². The Hall–Kier alpha value is -4.21. The third-order valence-electron chi connectivity index (χ3n) is 8.81. The van der Waals surface area contributed by atoms with Crippen molar-refractivity contribution >= 4 is 34.7 Å². The molecule has 2 N–H and O–H groups in total. The molecular formula is C34H44N6O4. The topological polar surface area (TPSA) is 117 Å². The lowest BCUT2D eigenvalue weighted by molar-refractivity contribution is -0.140. The zero-order valence-electron chi connectivity index (χ0n) is 25.9. The maximum absolute atomic E-state index is 14.0. The van der Waals surface area contributed by atoms with Gasteiger partial charge in [0.2, 0.25) is 17.7 Å². The highest BCUT2D eigenvalue weighted by molar-refractivity contribution is 5.94. The van der Waals surface area contributed by atoms with E-state index in [4.69, 9.17) is 0 Å². The second kappa shape index (κ2) is 14.1. The molecule has 4 amide bonds. The van der Waals surface area contributed by atoms with E-state index >= 15 is 0 Å². The van der Waals surface area contributed by atoms with Crippen LogP contribution in [0.25, 0.3) is 11.0 Å². The number of amides is 4. The minimum absolute atomic E-state index is 0.0423. The van der Waals surface area contributed by atoms with E-state index in [0.29, 0.717) is 44.9 Å². The SMILES string of the molecule is CC(C)CCN1CC(=O)NC2(CCCc3ccccc32)C(=O)NCCN(C(=O)CCn2cnc3ccccc32)CCCC1=O. The summed E-state index contributed by atoms with van der Waals surface area (Å²) in [7, 11) is 0. The summed E-state index contributed by atoms with van der Waals surface area (Å²) in [5.41, 5.74) is 2.45. The lowest BCUT2D eigenvalue weighted by Crippen LogP contribution is -2.60. The fraction of sp³-hybridized carbons (Fsp3) is 0.500. The first kappa shape index (κ1) is 31.2. The summed E-state index contributed by atoms with van der Waals surface area (Å²) >= 11 is 0. The standard InChI is InChI=1S/C34H44N6O4/c1-25(2)15-20-39-23-30(41)37-34(17-7-10-26-9-3-4-11-27(26)34)33(44)35-18-22-38(19-8-14-31(39)42)32(43)16-21-40-24-36-28-12-5-6-13-29(28)40/h3-6,9,11-13,24-25H,7-8,10,14-23H2,1-2H3,(H,35,44)(H,37,41). The van der Waals surface area contributed by atoms with Crippen LogP contribution >= 0.6 is 0 Å². The van der Waals surface area contributed by atoms with E-state index in [1.165, 1.54) is 0 Å². The van der Waals surface area contributed by atoms with Gasteiger partial charge >= 0.3 is 0 Å². The van der Waals surface area contributed by atoms with Crippen molar-refractivity contribution < 1.29 is 19.2 Å². The van der Waals surface area contributed by atoms with Crippen LogP contribution in [-0.4, -0.2) is 75.7 Å². The van der Waals surface area contributed by atoms with E-state index in [1.54, 1.807) is 16.1 Å². The molecule has 44 heavy (non-hydrogen) atoms. The van der Waals surface area contributed by atoms with Crippen LogP contribution in [0.4, 0.5) is 0 Å². The first-order valence-electron chi connectivity index (χ1n) is 15.9. The molecular weight excluding hydrogens is 556 g/mol. The van der Waals surface area contributed by atoms with Gasteiger partial charge in [-0.05, 0) is 61.3 Å². The molecule has 234 valence electrons. The second-order valence-corrected chi connectivity index (χ2v) is 12.4. The van der Waals surface area contributed by atoms with Gasteiger partial charge in [-0.1, -0.05) is 50.2 Å². The summed E-state index contributed by atoms with van der Waals surface area (Å²) in [5.74, 6) is -0.416. The molecule has 2 heterocycles. The highest BCUT2D eigenvalue weighted by Gasteiger charge is 2.44. The molecule has 1 aliphatic heterocycles. The predicted molar refractivity (Wildman–Crippen MR) is 168 cm³/mol. The number of rotatable bonds is 6. The van der Waals surface area contributed by atoms with Crippen molar-refractivity contribution in [2.24, 2.45) is 5.92 Å². The van der Waals surface area contributed by atoms with E-state index in [0.717, 1.165) is 41.4 Å². The normalized spacial score (nSPS) is 20.4. The third-order valence-corrected chi connectivity index (χ3v) is 8.81. The van der Waals surface area contributed by atoms with Crippen LogP contribution in [0.15, 0.2) is 54.9 Å². The number of aromatic nitrogens is 2. The van der Waals surface area contributed by atoms with Crippen molar-refractivity contribution in [3.63, 3.8) is 0 Å². The number of nitrogens with one attached hydrogen (secondary N) is 2. The molecule has 3 aromatic rings. The molecule has 1 spiro atoms. The third kappa shape index (κ3) is 7.11. The molecule has 1 aromatic heterocycles. The number of nitrogens with zero attached hydrogens (tertiary/aromatic N) is 4. The Morgan fingerprint density at radius 2 is 1.77 bits per heavy atom. The van der Waals surface area contributed by atoms with Gasteiger partial charge in [0.15, 0.2) is 0 Å². The van der Waals surface area contributed by atoms with Gasteiger partial charge in [-0.15, -0.1) is 0 Å². The van der Waals surface area contributed by atoms with Gasteiger partial charge in [-0.3, -0.25) is 19.2 Å². The van der Waals surface area contributed by atoms with Gasteiger partial charge in [0.05, 0.1) is 23.9 Å². The summed E-state index contributed by atoms with van der Waals surface area (Å²) in [6, 6.07) is 15.6. The molecule has 1 unspecified atom stereocenters. The highest BCUT2D eigenvalue weighted by Crippen LogP contribution is 2.36. The maximum atomic E-state index is 14.0. The van der Waals surface area contributed by atoms with Gasteiger partial charge in [0, 0.05) is 45.6 Å². The Bertz CT molecular complexity index is 1500. The Morgan fingerprint density at radius 1 is 0.977 bits per heavy atom. The molecule has 1 saturated heterocycles. The van der Waals surface area contributed by atoms with Crippen LogP contribution in [-0.2, 0) is 37.7 Å². The van der Waals surface area contributed by atoms with Crippen LogP contribution in [0.1, 0.15) is 63.5 Å². The second-order valence-electron chi connectivity index (χ2n) is 12.4.